The van der Waals surface area contributed by atoms with Gasteiger partial charge in [-0.05, 0) is 55.0 Å². The van der Waals surface area contributed by atoms with E-state index in [1.165, 1.54) is 0 Å². The maximum absolute atomic E-state index is 5.67. The van der Waals surface area contributed by atoms with Gasteiger partial charge < -0.3 is 5.73 Å². The molecule has 5 nitrogen and oxygen atoms in total. The summed E-state index contributed by atoms with van der Waals surface area (Å²) in [6.45, 7) is 6.35. The van der Waals surface area contributed by atoms with E-state index in [2.05, 4.69) is 36.3 Å². The number of hydrogen-bond donors (Lipinski definition) is 1. The average molecular weight is 231 g/mol. The van der Waals surface area contributed by atoms with E-state index in [1.807, 2.05) is 28.9 Å². The number of nitrogens with two attached hydrogens (primary N) is 1. The first-order chi connectivity index (χ1) is 8.04. The van der Waals surface area contributed by atoms with Gasteiger partial charge in [-0.1, -0.05) is 6.92 Å². The molecule has 0 fully saturated rings. The second kappa shape index (κ2) is 4.16. The van der Waals surface area contributed by atoms with Crippen LogP contribution >= 0.6 is 0 Å². The fourth-order valence-electron chi connectivity index (χ4n) is 1.56. The lowest BCUT2D eigenvalue weighted by Crippen LogP contribution is -2.27. The molecule has 0 saturated carbocycles. The molecule has 0 unspecified atom stereocenters. The van der Waals surface area contributed by atoms with Crippen LogP contribution in [0.4, 0.5) is 5.69 Å². The van der Waals surface area contributed by atoms with E-state index in [0.29, 0.717) is 0 Å². The lowest BCUT2D eigenvalue weighted by atomic mass is 10.0. The molecule has 1 aromatic carbocycles. The van der Waals surface area contributed by atoms with Crippen molar-refractivity contribution in [2.45, 2.75) is 32.7 Å². The number of benzene rings is 1. The van der Waals surface area contributed by atoms with Gasteiger partial charge in [-0.2, -0.15) is 0 Å². The van der Waals surface area contributed by atoms with Crippen molar-refractivity contribution in [3.63, 3.8) is 0 Å². The average Bonchev–Trinajstić information content (AvgIpc) is 2.80. The topological polar surface area (TPSA) is 69.6 Å². The monoisotopic (exact) mass is 231 g/mol. The summed E-state index contributed by atoms with van der Waals surface area (Å²) in [7, 11) is 0. The summed E-state index contributed by atoms with van der Waals surface area (Å²) in [6, 6.07) is 7.58. The van der Waals surface area contributed by atoms with Crippen molar-refractivity contribution in [1.82, 2.24) is 20.2 Å². The molecule has 0 spiro atoms. The molecule has 90 valence electrons. The smallest absolute Gasteiger partial charge is 0.182 e. The molecule has 0 aliphatic carbocycles. The van der Waals surface area contributed by atoms with Gasteiger partial charge in [-0.15, -0.1) is 5.10 Å². The van der Waals surface area contributed by atoms with Gasteiger partial charge in [0.1, 0.15) is 0 Å². The highest BCUT2D eigenvalue weighted by Gasteiger charge is 2.23. The molecule has 1 aromatic heterocycles. The highest BCUT2D eigenvalue weighted by molar-refractivity contribution is 5.58. The van der Waals surface area contributed by atoms with Gasteiger partial charge in [-0.3, -0.25) is 0 Å². The van der Waals surface area contributed by atoms with Crippen molar-refractivity contribution in [2.75, 3.05) is 5.73 Å². The Morgan fingerprint density at radius 3 is 2.47 bits per heavy atom. The van der Waals surface area contributed by atoms with Crippen molar-refractivity contribution in [2.24, 2.45) is 0 Å². The van der Waals surface area contributed by atoms with Crippen LogP contribution in [0.2, 0.25) is 0 Å². The fraction of sp³-hybridized carbons (Fsp3) is 0.417. The SMILES string of the molecule is CCC(C)(C)n1nnnc1-c1ccc(N)cc1. The standard InChI is InChI=1S/C12H17N5/c1-4-12(2,3)17-11(14-15-16-17)9-5-7-10(13)8-6-9/h5-8H,4,13H2,1-3H3. The molecule has 0 atom stereocenters. The molecule has 2 aromatic rings. The number of nitrogens with zero attached hydrogens (tertiary/aromatic N) is 4. The molecule has 2 N–H and O–H groups in total. The van der Waals surface area contributed by atoms with E-state index in [4.69, 9.17) is 5.73 Å². The zero-order valence-electron chi connectivity index (χ0n) is 10.4. The normalized spacial score (nSPS) is 11.7. The third-order valence-electron chi connectivity index (χ3n) is 3.08. The summed E-state index contributed by atoms with van der Waals surface area (Å²) in [4.78, 5) is 0. The van der Waals surface area contributed by atoms with Crippen molar-refractivity contribution >= 4 is 5.69 Å². The Morgan fingerprint density at radius 1 is 1.24 bits per heavy atom. The molecule has 0 radical (unpaired) electrons. The second-order valence-corrected chi connectivity index (χ2v) is 4.70. The van der Waals surface area contributed by atoms with E-state index in [-0.39, 0.29) is 5.54 Å². The van der Waals surface area contributed by atoms with E-state index in [0.717, 1.165) is 23.5 Å². The number of tetrazole rings is 1. The van der Waals surface area contributed by atoms with Crippen molar-refractivity contribution < 1.29 is 0 Å². The van der Waals surface area contributed by atoms with Crippen LogP contribution in [-0.4, -0.2) is 20.2 Å². The number of aromatic nitrogens is 4. The Labute approximate surface area is 101 Å². The Kier molecular flexibility index (Phi) is 2.83. The summed E-state index contributed by atoms with van der Waals surface area (Å²) in [5.41, 5.74) is 7.29. The number of anilines is 1. The minimum atomic E-state index is -0.0970. The van der Waals surface area contributed by atoms with E-state index in [1.54, 1.807) is 0 Å². The Morgan fingerprint density at radius 2 is 1.88 bits per heavy atom. The summed E-state index contributed by atoms with van der Waals surface area (Å²) < 4.78 is 1.86. The van der Waals surface area contributed by atoms with Crippen LogP contribution in [0.25, 0.3) is 11.4 Å². The quantitative estimate of drug-likeness (QED) is 0.821. The van der Waals surface area contributed by atoms with Crippen molar-refractivity contribution in [3.05, 3.63) is 24.3 Å². The maximum atomic E-state index is 5.67. The number of rotatable bonds is 3. The van der Waals surface area contributed by atoms with Crippen LogP contribution in [0.3, 0.4) is 0 Å². The van der Waals surface area contributed by atoms with E-state index < -0.39 is 0 Å². The molecule has 0 aliphatic rings. The molecule has 0 aliphatic heterocycles. The zero-order valence-corrected chi connectivity index (χ0v) is 10.4. The number of hydrogen-bond acceptors (Lipinski definition) is 4. The highest BCUT2D eigenvalue weighted by atomic mass is 15.6. The molecular weight excluding hydrogens is 214 g/mol. The molecule has 2 rings (SSSR count). The minimum absolute atomic E-state index is 0.0970. The first-order valence-electron chi connectivity index (χ1n) is 5.69. The maximum Gasteiger partial charge on any atom is 0.182 e. The van der Waals surface area contributed by atoms with Gasteiger partial charge in [0, 0.05) is 11.3 Å². The summed E-state index contributed by atoms with van der Waals surface area (Å²) >= 11 is 0. The van der Waals surface area contributed by atoms with Crippen LogP contribution in [0.15, 0.2) is 24.3 Å². The van der Waals surface area contributed by atoms with Gasteiger partial charge in [0.25, 0.3) is 0 Å². The van der Waals surface area contributed by atoms with Crippen LogP contribution in [0.5, 0.6) is 0 Å². The van der Waals surface area contributed by atoms with Crippen LogP contribution < -0.4 is 5.73 Å². The van der Waals surface area contributed by atoms with Gasteiger partial charge in [0.05, 0.1) is 5.54 Å². The zero-order chi connectivity index (χ0) is 12.5. The molecule has 0 bridgehead atoms. The lowest BCUT2D eigenvalue weighted by Gasteiger charge is -2.23. The highest BCUT2D eigenvalue weighted by Crippen LogP contribution is 2.25. The molecule has 17 heavy (non-hydrogen) atoms. The lowest BCUT2D eigenvalue weighted by molar-refractivity contribution is 0.305. The molecule has 5 heteroatoms. The van der Waals surface area contributed by atoms with Gasteiger partial charge in [-0.25, -0.2) is 4.68 Å². The predicted molar refractivity (Wildman–Crippen MR) is 67.3 cm³/mol. The Hall–Kier alpha value is -1.91. The third-order valence-corrected chi connectivity index (χ3v) is 3.08. The largest absolute Gasteiger partial charge is 0.399 e. The summed E-state index contributed by atoms with van der Waals surface area (Å²) in [5, 5.41) is 11.9. The molecule has 1 heterocycles. The summed E-state index contributed by atoms with van der Waals surface area (Å²) in [6.07, 6.45) is 0.958. The summed E-state index contributed by atoms with van der Waals surface area (Å²) in [5.74, 6) is 0.775. The van der Waals surface area contributed by atoms with Gasteiger partial charge in [0.2, 0.25) is 0 Å². The molecular formula is C12H17N5. The first kappa shape index (κ1) is 11.6. The van der Waals surface area contributed by atoms with E-state index >= 15 is 0 Å². The Bertz CT molecular complexity index is 498. The minimum Gasteiger partial charge on any atom is -0.399 e. The van der Waals surface area contributed by atoms with E-state index in [9.17, 15) is 0 Å². The van der Waals surface area contributed by atoms with Gasteiger partial charge >= 0.3 is 0 Å². The van der Waals surface area contributed by atoms with Gasteiger partial charge in [0.15, 0.2) is 5.82 Å². The third kappa shape index (κ3) is 2.13. The number of nitrogen functional groups attached to an aromatic ring is 1. The van der Waals surface area contributed by atoms with Crippen LogP contribution in [0, 0.1) is 0 Å². The Balaban J connectivity index is 2.47. The first-order valence-corrected chi connectivity index (χ1v) is 5.69. The van der Waals surface area contributed by atoms with Crippen LogP contribution in [0.1, 0.15) is 27.2 Å². The van der Waals surface area contributed by atoms with Crippen molar-refractivity contribution in [3.8, 4) is 11.4 Å². The fourth-order valence-corrected chi connectivity index (χ4v) is 1.56. The van der Waals surface area contributed by atoms with Crippen molar-refractivity contribution in [1.29, 1.82) is 0 Å². The predicted octanol–water partition coefficient (Wildman–Crippen LogP) is 2.07. The second-order valence-electron chi connectivity index (χ2n) is 4.70. The molecule has 0 saturated heterocycles. The molecule has 0 amide bonds. The van der Waals surface area contributed by atoms with Crippen LogP contribution in [-0.2, 0) is 5.54 Å².